The summed E-state index contributed by atoms with van der Waals surface area (Å²) in [4.78, 5) is 96.1. The zero-order valence-corrected chi connectivity index (χ0v) is 54.5. The van der Waals surface area contributed by atoms with Crippen LogP contribution < -0.4 is 31.9 Å². The third-order valence-corrected chi connectivity index (χ3v) is 17.7. The Morgan fingerprint density at radius 2 is 1.24 bits per heavy atom. The van der Waals surface area contributed by atoms with Gasteiger partial charge in [-0.3, -0.25) is 33.8 Å². The van der Waals surface area contributed by atoms with Crippen LogP contribution in [0.1, 0.15) is 93.6 Å². The van der Waals surface area contributed by atoms with E-state index in [1.807, 2.05) is 98.5 Å². The summed E-state index contributed by atoms with van der Waals surface area (Å²) >= 11 is 3.48. The molecule has 7 aromatic rings. The maximum absolute atomic E-state index is 14.1. The summed E-state index contributed by atoms with van der Waals surface area (Å²) in [6, 6.07) is 35.4. The van der Waals surface area contributed by atoms with Crippen LogP contribution in [0.2, 0.25) is 0 Å². The van der Waals surface area contributed by atoms with Crippen molar-refractivity contribution < 1.29 is 48.5 Å². The van der Waals surface area contributed by atoms with Crippen LogP contribution in [0, 0.1) is 23.7 Å². The standard InChI is InChI=1S/C38H45N9O6.C29H36BrN7O4/c48-21-20-46-16-18-47(19-17-46)37(51)30-10-8-27(9-11-30)31-3-1-2-26(22-31)23-33(41-35(49)29-6-4-25(5-7-29)24-39-38(52)53)36(50)40-32-14-12-28(13-15-32)34-42-44-45-43-34;1-29(2,3)41-28(40)32-17-18-7-9-21(10-8-18)27(39)37(23-13-11-20(12-14-23)26-33-35-36-34-26)24(25(31)38)16-19-5-4-6-22(30)15-19/h1-3,8-15,22,25,29,33,39,48H,4-7,16-21,23-24H2,(H,40,50)(H,41,49)(H,52,53)(H,42,43,44,45);4-6,11-15,18,21,24H,7-10,16-17H2,1-3H3,(H2,31,38)(H,32,40)(H,33,34,35,36)/t25-,29-,33-;18-,21-,24-/m00/s1. The quantitative estimate of drug-likeness (QED) is 0.0319. The molecule has 10 rings (SSSR count). The van der Waals surface area contributed by atoms with Crippen molar-refractivity contribution in [2.45, 2.75) is 103 Å². The first kappa shape index (κ1) is 68.9. The van der Waals surface area contributed by atoms with Gasteiger partial charge in [-0.15, -0.1) is 10.2 Å². The van der Waals surface area contributed by atoms with E-state index in [0.29, 0.717) is 87.0 Å². The van der Waals surface area contributed by atoms with Crippen molar-refractivity contribution in [1.82, 2.24) is 67.0 Å². The Hall–Kier alpha value is -9.47. The number of β-amino-alcohol motifs (C(OH)–C–C–N with tert-alkyl or cyclic N) is 1. The van der Waals surface area contributed by atoms with Crippen molar-refractivity contribution in [3.05, 3.63) is 142 Å². The Morgan fingerprint density at radius 3 is 1.80 bits per heavy atom. The lowest BCUT2D eigenvalue weighted by atomic mass is 9.81. The van der Waals surface area contributed by atoms with Crippen LogP contribution in [0.15, 0.2) is 126 Å². The Kier molecular flexibility index (Phi) is 24.1. The fourth-order valence-electron chi connectivity index (χ4n) is 12.1. The molecule has 3 heterocycles. The number of aromatic nitrogens is 8. The lowest BCUT2D eigenvalue weighted by Gasteiger charge is -2.36. The maximum atomic E-state index is 14.1. The molecule has 3 aliphatic rings. The zero-order valence-electron chi connectivity index (χ0n) is 52.9. The number of H-pyrrole nitrogens is 2. The molecule has 0 unspecified atom stereocenters. The molecular formula is C67H81BrN16O10. The number of carboxylic acid groups (broad SMARTS) is 1. The molecule has 496 valence electrons. The van der Waals surface area contributed by atoms with Crippen molar-refractivity contribution in [2.75, 3.05) is 62.6 Å². The molecule has 1 aliphatic heterocycles. The number of benzene rings is 5. The molecule has 2 saturated carbocycles. The van der Waals surface area contributed by atoms with Crippen LogP contribution in [0.3, 0.4) is 0 Å². The number of carbonyl (C=O) groups excluding carboxylic acids is 6. The fraction of sp³-hybridized carbons (Fsp3) is 0.418. The number of nitrogens with one attached hydrogen (secondary N) is 6. The van der Waals surface area contributed by atoms with Gasteiger partial charge in [0.25, 0.3) is 5.91 Å². The summed E-state index contributed by atoms with van der Waals surface area (Å²) in [6.45, 7) is 9.74. The van der Waals surface area contributed by atoms with Crippen LogP contribution in [0.25, 0.3) is 33.9 Å². The molecule has 0 radical (unpaired) electrons. The van der Waals surface area contributed by atoms with E-state index >= 15 is 0 Å². The Balaban J connectivity index is 0.000000229. The smallest absolute Gasteiger partial charge is 0.407 e. The van der Waals surface area contributed by atoms with Gasteiger partial charge in [-0.1, -0.05) is 64.5 Å². The van der Waals surface area contributed by atoms with Gasteiger partial charge < -0.3 is 46.9 Å². The molecule has 1 saturated heterocycles. The van der Waals surface area contributed by atoms with E-state index < -0.39 is 35.8 Å². The molecule has 2 aliphatic carbocycles. The van der Waals surface area contributed by atoms with Gasteiger partial charge >= 0.3 is 12.2 Å². The topological polar surface area (TPSA) is 362 Å². The molecule has 26 nitrogen and oxygen atoms in total. The number of rotatable bonds is 22. The zero-order chi connectivity index (χ0) is 66.7. The van der Waals surface area contributed by atoms with E-state index in [1.165, 1.54) is 0 Å². The van der Waals surface area contributed by atoms with Gasteiger partial charge in [-0.25, -0.2) is 19.8 Å². The van der Waals surface area contributed by atoms with Crippen molar-refractivity contribution in [3.63, 3.8) is 0 Å². The number of amides is 7. The highest BCUT2D eigenvalue weighted by molar-refractivity contribution is 9.10. The molecule has 94 heavy (non-hydrogen) atoms. The van der Waals surface area contributed by atoms with Crippen LogP contribution in [-0.2, 0) is 36.8 Å². The monoisotopic (exact) mass is 1350 g/mol. The minimum absolute atomic E-state index is 0.0198. The largest absolute Gasteiger partial charge is 0.465 e. The van der Waals surface area contributed by atoms with E-state index in [1.54, 1.807) is 53.4 Å². The summed E-state index contributed by atoms with van der Waals surface area (Å²) in [5.41, 5.74) is 12.1. The number of aliphatic hydroxyl groups excluding tert-OH is 1. The van der Waals surface area contributed by atoms with Crippen LogP contribution in [-0.4, -0.2) is 173 Å². The van der Waals surface area contributed by atoms with Gasteiger partial charge in [-0.05, 0) is 200 Å². The predicted octanol–water partition coefficient (Wildman–Crippen LogP) is 7.41. The van der Waals surface area contributed by atoms with Gasteiger partial charge in [0.15, 0.2) is 11.6 Å². The minimum atomic E-state index is -1.06. The molecule has 0 spiro atoms. The summed E-state index contributed by atoms with van der Waals surface area (Å²) < 4.78 is 6.21. The number of carbonyl (C=O) groups is 7. The number of nitrogens with zero attached hydrogens (tertiary/aromatic N) is 9. The number of tetrazole rings is 2. The number of piperazine rings is 1. The number of ether oxygens (including phenoxy) is 1. The van der Waals surface area contributed by atoms with Crippen molar-refractivity contribution in [2.24, 2.45) is 29.4 Å². The van der Waals surface area contributed by atoms with Crippen molar-refractivity contribution in [3.8, 4) is 33.9 Å². The summed E-state index contributed by atoms with van der Waals surface area (Å²) in [5.74, 6) is -0.470. The number of hydrogen-bond donors (Lipinski definition) is 9. The lowest BCUT2D eigenvalue weighted by Crippen LogP contribution is -2.52. The van der Waals surface area contributed by atoms with Gasteiger partial charge in [0, 0.05) is 103 Å². The SMILES string of the molecule is CC(C)(C)OC(=O)NC[C@H]1CC[C@H](C(=O)N(c2ccc(-c3nnn[nH]3)cc2)[C@@H](Cc2cccc(Br)c2)C(N)=O)CC1.O=C(O)NC[C@H]1CC[C@H](C(=O)N[C@@H](Cc2cccc(-c3ccc(C(=O)N4CCN(CCO)CC4)cc3)c2)C(=O)Nc2ccc(-c3nnn[nH]3)cc2)CC1. The first-order valence-electron chi connectivity index (χ1n) is 31.7. The van der Waals surface area contributed by atoms with Crippen LogP contribution >= 0.6 is 15.9 Å². The Bertz CT molecular complexity index is 3640. The second kappa shape index (κ2) is 32.9. The molecule has 10 N–H and O–H groups in total. The highest BCUT2D eigenvalue weighted by Gasteiger charge is 2.37. The number of hydrogen-bond acceptors (Lipinski definition) is 16. The van der Waals surface area contributed by atoms with Gasteiger partial charge in [0.2, 0.25) is 23.6 Å². The third-order valence-electron chi connectivity index (χ3n) is 17.2. The number of halogens is 1. The first-order chi connectivity index (χ1) is 45.2. The number of alkyl carbamates (subject to hydrolysis) is 1. The molecular weight excluding hydrogens is 1270 g/mol. The number of aliphatic hydroxyl groups is 1. The number of primary amides is 1. The first-order valence-corrected chi connectivity index (χ1v) is 32.5. The molecule has 5 aromatic carbocycles. The van der Waals surface area contributed by atoms with E-state index in [0.717, 1.165) is 76.6 Å². The highest BCUT2D eigenvalue weighted by Crippen LogP contribution is 2.34. The van der Waals surface area contributed by atoms with Gasteiger partial charge in [0.1, 0.15) is 17.7 Å². The molecule has 27 heteroatoms. The molecule has 7 amide bonds. The average molecular weight is 1350 g/mol. The average Bonchev–Trinajstić information content (AvgIpc) is 0.888. The second-order valence-electron chi connectivity index (χ2n) is 25.0. The van der Waals surface area contributed by atoms with Crippen LogP contribution in [0.4, 0.5) is 21.0 Å². The normalized spacial score (nSPS) is 18.0. The summed E-state index contributed by atoms with van der Waals surface area (Å²) in [7, 11) is 0. The van der Waals surface area contributed by atoms with Crippen LogP contribution in [0.5, 0.6) is 0 Å². The number of anilines is 2. The molecule has 3 fully saturated rings. The third kappa shape index (κ3) is 19.8. The summed E-state index contributed by atoms with van der Waals surface area (Å²) in [6.07, 6.45) is 4.48. The lowest BCUT2D eigenvalue weighted by molar-refractivity contribution is -0.130. The van der Waals surface area contributed by atoms with Gasteiger partial charge in [-0.2, -0.15) is 0 Å². The Labute approximate surface area is 553 Å². The molecule has 2 aromatic heterocycles. The van der Waals surface area contributed by atoms with Gasteiger partial charge in [0.05, 0.1) is 6.61 Å². The Morgan fingerprint density at radius 1 is 0.681 bits per heavy atom. The van der Waals surface area contributed by atoms with E-state index in [-0.39, 0.29) is 66.7 Å². The minimum Gasteiger partial charge on any atom is -0.465 e. The summed E-state index contributed by atoms with van der Waals surface area (Å²) in [5, 5.41) is 57.1. The predicted molar refractivity (Wildman–Crippen MR) is 354 cm³/mol. The fourth-order valence-corrected chi connectivity index (χ4v) is 12.5. The molecule has 2 atom stereocenters. The highest BCUT2D eigenvalue weighted by atomic mass is 79.9. The maximum Gasteiger partial charge on any atom is 0.407 e. The second-order valence-corrected chi connectivity index (χ2v) is 25.9. The van der Waals surface area contributed by atoms with E-state index in [2.05, 4.69) is 83.3 Å². The number of nitrogens with two attached hydrogens (primary N) is 1. The molecule has 0 bridgehead atoms. The van der Waals surface area contributed by atoms with E-state index in [9.17, 15) is 38.7 Å². The number of aromatic amines is 2. The van der Waals surface area contributed by atoms with Crippen molar-refractivity contribution >= 4 is 69.0 Å². The van der Waals surface area contributed by atoms with Crippen molar-refractivity contribution in [1.29, 1.82) is 0 Å². The van der Waals surface area contributed by atoms with E-state index in [4.69, 9.17) is 15.6 Å².